The van der Waals surface area contributed by atoms with Gasteiger partial charge < -0.3 is 4.90 Å². The van der Waals surface area contributed by atoms with E-state index in [1.165, 1.54) is 5.56 Å². The molecule has 1 aromatic carbocycles. The highest BCUT2D eigenvalue weighted by atomic mass is 35.5. The highest BCUT2D eigenvalue weighted by Crippen LogP contribution is 2.22. The third-order valence-corrected chi connectivity index (χ3v) is 5.24. The number of carbonyl (C=O) groups excluding carboxylic acids is 1. The van der Waals surface area contributed by atoms with Crippen LogP contribution in [0.25, 0.3) is 0 Å². The summed E-state index contributed by atoms with van der Waals surface area (Å²) in [4.78, 5) is 17.1. The maximum Gasteiger partial charge on any atom is 0.273 e. The first kappa shape index (κ1) is 18.2. The SMILES string of the molecule is CCn1nc(C)c(Cl)c1C(=O)N1CCN(Cc2ccc(Cl)cc2)CC1. The van der Waals surface area contributed by atoms with Gasteiger partial charge in [-0.1, -0.05) is 35.3 Å². The first-order valence-corrected chi connectivity index (χ1v) is 9.24. The monoisotopic (exact) mass is 380 g/mol. The second kappa shape index (κ2) is 7.77. The molecule has 2 heterocycles. The molecule has 1 aromatic heterocycles. The fraction of sp³-hybridized carbons (Fsp3) is 0.444. The number of halogens is 2. The number of benzene rings is 1. The molecule has 5 nitrogen and oxygen atoms in total. The van der Waals surface area contributed by atoms with Crippen molar-refractivity contribution in [2.75, 3.05) is 26.2 Å². The van der Waals surface area contributed by atoms with Gasteiger partial charge in [-0.05, 0) is 31.5 Å². The Kier molecular flexibility index (Phi) is 5.67. The number of aryl methyl sites for hydroxylation is 2. The predicted molar refractivity (Wildman–Crippen MR) is 100 cm³/mol. The Bertz CT molecular complexity index is 749. The molecule has 0 atom stereocenters. The highest BCUT2D eigenvalue weighted by Gasteiger charge is 2.27. The number of carbonyl (C=O) groups is 1. The molecule has 0 N–H and O–H groups in total. The highest BCUT2D eigenvalue weighted by molar-refractivity contribution is 6.34. The van der Waals surface area contributed by atoms with Crippen LogP contribution in [0.5, 0.6) is 0 Å². The summed E-state index contributed by atoms with van der Waals surface area (Å²) in [7, 11) is 0. The third-order valence-electron chi connectivity index (χ3n) is 4.54. The van der Waals surface area contributed by atoms with Crippen molar-refractivity contribution in [1.82, 2.24) is 19.6 Å². The number of rotatable bonds is 4. The smallest absolute Gasteiger partial charge is 0.273 e. The molecule has 0 unspecified atom stereocenters. The van der Waals surface area contributed by atoms with Crippen LogP contribution in [0.4, 0.5) is 0 Å². The lowest BCUT2D eigenvalue weighted by molar-refractivity contribution is 0.0616. The van der Waals surface area contributed by atoms with Crippen LogP contribution < -0.4 is 0 Å². The van der Waals surface area contributed by atoms with Crippen LogP contribution in [0.3, 0.4) is 0 Å². The molecule has 134 valence electrons. The molecule has 0 saturated carbocycles. The summed E-state index contributed by atoms with van der Waals surface area (Å²) >= 11 is 12.2. The molecule has 1 aliphatic heterocycles. The van der Waals surface area contributed by atoms with Crippen LogP contribution in [-0.2, 0) is 13.1 Å². The van der Waals surface area contributed by atoms with Crippen molar-refractivity contribution < 1.29 is 4.79 Å². The van der Waals surface area contributed by atoms with Gasteiger partial charge in [-0.2, -0.15) is 5.10 Å². The minimum Gasteiger partial charge on any atom is -0.335 e. The molecular weight excluding hydrogens is 359 g/mol. The summed E-state index contributed by atoms with van der Waals surface area (Å²) in [5.74, 6) is -0.0291. The van der Waals surface area contributed by atoms with Gasteiger partial charge in [-0.3, -0.25) is 14.4 Å². The fourth-order valence-electron chi connectivity index (χ4n) is 3.10. The van der Waals surface area contributed by atoms with E-state index in [2.05, 4.69) is 10.00 Å². The molecule has 25 heavy (non-hydrogen) atoms. The Hall–Kier alpha value is -1.56. The van der Waals surface area contributed by atoms with Crippen LogP contribution in [0.2, 0.25) is 10.0 Å². The van der Waals surface area contributed by atoms with Gasteiger partial charge in [0, 0.05) is 44.3 Å². The van der Waals surface area contributed by atoms with E-state index in [4.69, 9.17) is 23.2 Å². The largest absolute Gasteiger partial charge is 0.335 e. The molecule has 1 aliphatic rings. The van der Waals surface area contributed by atoms with E-state index in [-0.39, 0.29) is 5.91 Å². The van der Waals surface area contributed by atoms with Crippen molar-refractivity contribution in [1.29, 1.82) is 0 Å². The van der Waals surface area contributed by atoms with Crippen molar-refractivity contribution in [3.05, 3.63) is 51.3 Å². The quantitative estimate of drug-likeness (QED) is 0.815. The molecule has 1 fully saturated rings. The van der Waals surface area contributed by atoms with E-state index < -0.39 is 0 Å². The van der Waals surface area contributed by atoms with Crippen LogP contribution >= 0.6 is 23.2 Å². The van der Waals surface area contributed by atoms with Crippen molar-refractivity contribution in [2.45, 2.75) is 26.9 Å². The van der Waals surface area contributed by atoms with Gasteiger partial charge in [-0.25, -0.2) is 0 Å². The molecule has 0 radical (unpaired) electrons. The zero-order valence-corrected chi connectivity index (χ0v) is 16.0. The predicted octanol–water partition coefficient (Wildman–Crippen LogP) is 3.48. The van der Waals surface area contributed by atoms with Crippen molar-refractivity contribution in [2.24, 2.45) is 0 Å². The second-order valence-electron chi connectivity index (χ2n) is 6.26. The first-order valence-electron chi connectivity index (χ1n) is 8.48. The molecule has 0 aliphatic carbocycles. The van der Waals surface area contributed by atoms with Gasteiger partial charge in [0.1, 0.15) is 5.69 Å². The lowest BCUT2D eigenvalue weighted by atomic mass is 10.2. The fourth-order valence-corrected chi connectivity index (χ4v) is 3.44. The molecule has 2 aromatic rings. The minimum atomic E-state index is -0.0291. The summed E-state index contributed by atoms with van der Waals surface area (Å²) in [6, 6.07) is 7.91. The van der Waals surface area contributed by atoms with Gasteiger partial charge in [0.2, 0.25) is 0 Å². The van der Waals surface area contributed by atoms with E-state index >= 15 is 0 Å². The number of nitrogens with zero attached hydrogens (tertiary/aromatic N) is 4. The summed E-state index contributed by atoms with van der Waals surface area (Å²) in [5.41, 5.74) is 2.44. The molecule has 0 bridgehead atoms. The maximum atomic E-state index is 12.9. The molecular formula is C18H22Cl2N4O. The van der Waals surface area contributed by atoms with Crippen LogP contribution in [0.15, 0.2) is 24.3 Å². The molecule has 1 saturated heterocycles. The lowest BCUT2D eigenvalue weighted by Gasteiger charge is -2.34. The average molecular weight is 381 g/mol. The Morgan fingerprint density at radius 3 is 2.36 bits per heavy atom. The Morgan fingerprint density at radius 2 is 1.76 bits per heavy atom. The lowest BCUT2D eigenvalue weighted by Crippen LogP contribution is -2.48. The summed E-state index contributed by atoms with van der Waals surface area (Å²) in [5, 5.41) is 5.56. The Morgan fingerprint density at radius 1 is 1.12 bits per heavy atom. The first-order chi connectivity index (χ1) is 12.0. The number of hydrogen-bond donors (Lipinski definition) is 0. The van der Waals surface area contributed by atoms with Gasteiger partial charge in [-0.15, -0.1) is 0 Å². The zero-order chi connectivity index (χ0) is 18.0. The van der Waals surface area contributed by atoms with Gasteiger partial charge in [0.25, 0.3) is 5.91 Å². The van der Waals surface area contributed by atoms with Crippen LogP contribution in [0.1, 0.15) is 28.7 Å². The normalized spacial score (nSPS) is 15.6. The van der Waals surface area contributed by atoms with Crippen molar-refractivity contribution >= 4 is 29.1 Å². The molecule has 7 heteroatoms. The van der Waals surface area contributed by atoms with E-state index in [9.17, 15) is 4.79 Å². The van der Waals surface area contributed by atoms with Gasteiger partial charge in [0.05, 0.1) is 10.7 Å². The summed E-state index contributed by atoms with van der Waals surface area (Å²) < 4.78 is 1.69. The Balaban J connectivity index is 1.62. The molecule has 3 rings (SSSR count). The number of piperazine rings is 1. The van der Waals surface area contributed by atoms with E-state index in [1.54, 1.807) is 4.68 Å². The van der Waals surface area contributed by atoms with Crippen molar-refractivity contribution in [3.8, 4) is 0 Å². The van der Waals surface area contributed by atoms with E-state index in [0.29, 0.717) is 36.0 Å². The van der Waals surface area contributed by atoms with Crippen molar-refractivity contribution in [3.63, 3.8) is 0 Å². The van der Waals surface area contributed by atoms with E-state index in [0.717, 1.165) is 24.7 Å². The molecule has 1 amide bonds. The third kappa shape index (κ3) is 4.00. The Labute approximate surface area is 158 Å². The van der Waals surface area contributed by atoms with E-state index in [1.807, 2.05) is 43.0 Å². The summed E-state index contributed by atoms with van der Waals surface area (Å²) in [6.45, 7) is 8.35. The van der Waals surface area contributed by atoms with Gasteiger partial charge >= 0.3 is 0 Å². The summed E-state index contributed by atoms with van der Waals surface area (Å²) in [6.07, 6.45) is 0. The van der Waals surface area contributed by atoms with Gasteiger partial charge in [0.15, 0.2) is 0 Å². The topological polar surface area (TPSA) is 41.4 Å². The number of amides is 1. The number of aromatic nitrogens is 2. The standard InChI is InChI=1S/C18H22Cl2N4O/c1-3-24-17(16(20)13(2)21-24)18(25)23-10-8-22(9-11-23)12-14-4-6-15(19)7-5-14/h4-7H,3,8-12H2,1-2H3. The average Bonchev–Trinajstić information content (AvgIpc) is 2.91. The zero-order valence-electron chi connectivity index (χ0n) is 14.5. The molecule has 0 spiro atoms. The minimum absolute atomic E-state index is 0.0291. The maximum absolute atomic E-state index is 12.9. The second-order valence-corrected chi connectivity index (χ2v) is 7.07. The number of hydrogen-bond acceptors (Lipinski definition) is 3. The van der Waals surface area contributed by atoms with Crippen LogP contribution in [-0.4, -0.2) is 51.7 Å². The van der Waals surface area contributed by atoms with Crippen LogP contribution in [0, 0.1) is 6.92 Å².